The molecule has 1 amide bonds. The summed E-state index contributed by atoms with van der Waals surface area (Å²) in [4.78, 5) is 12.2. The predicted molar refractivity (Wildman–Crippen MR) is 121 cm³/mol. The molecular formula is C26H20F9NO3. The van der Waals surface area contributed by atoms with Gasteiger partial charge in [0.05, 0.1) is 5.56 Å². The summed E-state index contributed by atoms with van der Waals surface area (Å²) in [6.07, 6.45) is -15.2. The van der Waals surface area contributed by atoms with E-state index < -0.39 is 70.4 Å². The molecule has 3 aromatic carbocycles. The predicted octanol–water partition coefficient (Wildman–Crippen LogP) is 7.91. The standard InChI is InChI=1S/C26H20F9NO3/c1-13(15-5-3-7-17(11-15)38-25(30,31)32)19-9-10-20(23(36)37)21(22(19)24(27,28)29)14(2)16-6-4-8-18(12-16)39-26(33,34)35/h3-14H,1-2H3,(H2,36,37). The van der Waals surface area contributed by atoms with Gasteiger partial charge >= 0.3 is 18.9 Å². The fourth-order valence-electron chi connectivity index (χ4n) is 4.29. The number of carbonyl (C=O) groups excluding carboxylic acids is 1. The number of carbonyl (C=O) groups is 1. The Morgan fingerprint density at radius 3 is 1.59 bits per heavy atom. The SMILES string of the molecule is CC(c1cccc(OC(F)(F)F)c1)c1ccc(C(N)=O)c(C(C)c2cccc(OC(F)(F)F)c2)c1C(F)(F)F. The Kier molecular flexibility index (Phi) is 8.13. The van der Waals surface area contributed by atoms with Crippen molar-refractivity contribution in [2.75, 3.05) is 0 Å². The molecule has 0 radical (unpaired) electrons. The van der Waals surface area contributed by atoms with Crippen molar-refractivity contribution in [1.29, 1.82) is 0 Å². The Morgan fingerprint density at radius 1 is 0.718 bits per heavy atom. The summed E-state index contributed by atoms with van der Waals surface area (Å²) in [5.41, 5.74) is 2.54. The number of primary amides is 1. The highest BCUT2D eigenvalue weighted by molar-refractivity contribution is 5.95. The van der Waals surface area contributed by atoms with Crippen LogP contribution in [0.25, 0.3) is 0 Å². The maximum absolute atomic E-state index is 14.6. The van der Waals surface area contributed by atoms with E-state index in [-0.39, 0.29) is 11.1 Å². The Hall–Kier alpha value is -3.90. The molecule has 0 spiro atoms. The number of ether oxygens (including phenoxy) is 2. The van der Waals surface area contributed by atoms with Crippen molar-refractivity contribution in [3.05, 3.63) is 94.0 Å². The summed E-state index contributed by atoms with van der Waals surface area (Å²) >= 11 is 0. The first-order valence-corrected chi connectivity index (χ1v) is 11.1. The monoisotopic (exact) mass is 565 g/mol. The first-order valence-electron chi connectivity index (χ1n) is 11.1. The molecule has 0 aromatic heterocycles. The molecule has 0 aliphatic carbocycles. The molecule has 2 atom stereocenters. The zero-order valence-electron chi connectivity index (χ0n) is 20.1. The molecule has 0 aliphatic rings. The van der Waals surface area contributed by atoms with Crippen molar-refractivity contribution in [3.8, 4) is 11.5 Å². The van der Waals surface area contributed by atoms with Crippen LogP contribution in [0.15, 0.2) is 60.7 Å². The van der Waals surface area contributed by atoms with Crippen LogP contribution in [0.4, 0.5) is 39.5 Å². The zero-order chi connectivity index (χ0) is 29.3. The highest BCUT2D eigenvalue weighted by Crippen LogP contribution is 2.45. The smallest absolute Gasteiger partial charge is 0.406 e. The van der Waals surface area contributed by atoms with Gasteiger partial charge in [-0.05, 0) is 52.6 Å². The summed E-state index contributed by atoms with van der Waals surface area (Å²) in [6.45, 7) is 2.56. The average molecular weight is 565 g/mol. The lowest BCUT2D eigenvalue weighted by Gasteiger charge is -2.27. The second-order valence-corrected chi connectivity index (χ2v) is 8.54. The highest BCUT2D eigenvalue weighted by atomic mass is 19.4. The maximum atomic E-state index is 14.6. The molecule has 0 aliphatic heterocycles. The fraction of sp³-hybridized carbons (Fsp3) is 0.269. The number of hydrogen-bond acceptors (Lipinski definition) is 3. The Balaban J connectivity index is 2.22. The van der Waals surface area contributed by atoms with Crippen LogP contribution in [0.2, 0.25) is 0 Å². The number of benzene rings is 3. The van der Waals surface area contributed by atoms with Crippen LogP contribution in [0.3, 0.4) is 0 Å². The second-order valence-electron chi connectivity index (χ2n) is 8.54. The lowest BCUT2D eigenvalue weighted by Crippen LogP contribution is -2.23. The van der Waals surface area contributed by atoms with Gasteiger partial charge in [0.2, 0.25) is 5.91 Å². The van der Waals surface area contributed by atoms with Gasteiger partial charge in [-0.15, -0.1) is 26.3 Å². The van der Waals surface area contributed by atoms with Crippen LogP contribution in [0.1, 0.15) is 63.9 Å². The minimum Gasteiger partial charge on any atom is -0.406 e. The van der Waals surface area contributed by atoms with Crippen molar-refractivity contribution in [3.63, 3.8) is 0 Å². The van der Waals surface area contributed by atoms with Crippen LogP contribution in [-0.4, -0.2) is 18.6 Å². The van der Waals surface area contributed by atoms with E-state index >= 15 is 0 Å². The number of hydrogen-bond donors (Lipinski definition) is 1. The van der Waals surface area contributed by atoms with Crippen LogP contribution < -0.4 is 15.2 Å². The molecule has 39 heavy (non-hydrogen) atoms. The molecule has 0 saturated carbocycles. The lowest BCUT2D eigenvalue weighted by molar-refractivity contribution is -0.275. The van der Waals surface area contributed by atoms with E-state index in [0.717, 1.165) is 42.5 Å². The molecule has 3 aromatic rings. The quantitative estimate of drug-likeness (QED) is 0.296. The molecule has 13 heteroatoms. The summed E-state index contributed by atoms with van der Waals surface area (Å²) in [5.74, 6) is -5.03. The van der Waals surface area contributed by atoms with Crippen LogP contribution in [-0.2, 0) is 6.18 Å². The molecule has 2 unspecified atom stereocenters. The molecule has 210 valence electrons. The molecule has 0 bridgehead atoms. The molecule has 2 N–H and O–H groups in total. The third-order valence-corrected chi connectivity index (χ3v) is 5.91. The number of rotatable bonds is 7. The number of halogens is 9. The molecule has 0 heterocycles. The van der Waals surface area contributed by atoms with E-state index in [1.165, 1.54) is 32.0 Å². The second kappa shape index (κ2) is 10.7. The van der Waals surface area contributed by atoms with Gasteiger partial charge in [0.1, 0.15) is 11.5 Å². The Labute approximate surface area is 216 Å². The highest BCUT2D eigenvalue weighted by Gasteiger charge is 2.41. The van der Waals surface area contributed by atoms with Crippen molar-refractivity contribution in [2.24, 2.45) is 5.73 Å². The van der Waals surface area contributed by atoms with E-state index in [1.54, 1.807) is 0 Å². The maximum Gasteiger partial charge on any atom is 0.573 e. The zero-order valence-corrected chi connectivity index (χ0v) is 20.1. The molecule has 0 saturated heterocycles. The van der Waals surface area contributed by atoms with Gasteiger partial charge < -0.3 is 15.2 Å². The van der Waals surface area contributed by atoms with Crippen molar-refractivity contribution in [1.82, 2.24) is 0 Å². The Morgan fingerprint density at radius 2 is 1.18 bits per heavy atom. The summed E-state index contributed by atoms with van der Waals surface area (Å²) in [6, 6.07) is 10.7. The van der Waals surface area contributed by atoms with Gasteiger partial charge in [-0.2, -0.15) is 13.2 Å². The fourth-order valence-corrected chi connectivity index (χ4v) is 4.29. The van der Waals surface area contributed by atoms with Gasteiger partial charge in [0, 0.05) is 17.4 Å². The first-order chi connectivity index (χ1) is 17.9. The van der Waals surface area contributed by atoms with Crippen molar-refractivity contribution in [2.45, 2.75) is 44.6 Å². The van der Waals surface area contributed by atoms with Crippen molar-refractivity contribution >= 4 is 5.91 Å². The minimum atomic E-state index is -5.10. The minimum absolute atomic E-state index is 0.0354. The van der Waals surface area contributed by atoms with E-state index in [2.05, 4.69) is 9.47 Å². The van der Waals surface area contributed by atoms with Crippen LogP contribution in [0.5, 0.6) is 11.5 Å². The van der Waals surface area contributed by atoms with E-state index in [4.69, 9.17) is 5.73 Å². The molecular weight excluding hydrogens is 545 g/mol. The summed E-state index contributed by atoms with van der Waals surface area (Å²) in [5, 5.41) is 0. The van der Waals surface area contributed by atoms with Crippen molar-refractivity contribution < 1.29 is 53.8 Å². The largest absolute Gasteiger partial charge is 0.573 e. The Bertz CT molecular complexity index is 1350. The van der Waals surface area contributed by atoms with Gasteiger partial charge in [-0.25, -0.2) is 0 Å². The lowest BCUT2D eigenvalue weighted by atomic mass is 9.79. The van der Waals surface area contributed by atoms with Crippen LogP contribution >= 0.6 is 0 Å². The number of amides is 1. The molecule has 3 rings (SSSR count). The molecule has 4 nitrogen and oxygen atoms in total. The third kappa shape index (κ3) is 7.36. The summed E-state index contributed by atoms with van der Waals surface area (Å²) in [7, 11) is 0. The van der Waals surface area contributed by atoms with E-state index in [9.17, 15) is 44.3 Å². The topological polar surface area (TPSA) is 61.5 Å². The van der Waals surface area contributed by atoms with Gasteiger partial charge in [-0.1, -0.05) is 44.2 Å². The van der Waals surface area contributed by atoms with Gasteiger partial charge in [0.15, 0.2) is 0 Å². The number of alkyl halides is 9. The van der Waals surface area contributed by atoms with Gasteiger partial charge in [-0.3, -0.25) is 4.79 Å². The number of nitrogens with two attached hydrogens (primary N) is 1. The van der Waals surface area contributed by atoms with Crippen LogP contribution in [0, 0.1) is 0 Å². The van der Waals surface area contributed by atoms with E-state index in [0.29, 0.717) is 0 Å². The van der Waals surface area contributed by atoms with E-state index in [1.807, 2.05) is 0 Å². The summed E-state index contributed by atoms with van der Waals surface area (Å²) < 4.78 is 128. The third-order valence-electron chi connectivity index (χ3n) is 5.91. The van der Waals surface area contributed by atoms with Gasteiger partial charge in [0.25, 0.3) is 0 Å². The average Bonchev–Trinajstić information content (AvgIpc) is 2.79. The first kappa shape index (κ1) is 29.7. The molecule has 0 fully saturated rings. The normalized spacial score (nSPS) is 14.0.